The second kappa shape index (κ2) is 4.37. The van der Waals surface area contributed by atoms with Crippen LogP contribution in [-0.4, -0.2) is 41.4 Å². The van der Waals surface area contributed by atoms with Gasteiger partial charge in [0.25, 0.3) is 0 Å². The van der Waals surface area contributed by atoms with Crippen LogP contribution in [0.1, 0.15) is 19.3 Å². The lowest BCUT2D eigenvalue weighted by atomic mass is 10.2. The first-order valence-corrected chi connectivity index (χ1v) is 6.15. The summed E-state index contributed by atoms with van der Waals surface area (Å²) in [5, 5.41) is 0. The van der Waals surface area contributed by atoms with Gasteiger partial charge in [-0.3, -0.25) is 0 Å². The van der Waals surface area contributed by atoms with Crippen LogP contribution in [0.25, 0.3) is 0 Å². The van der Waals surface area contributed by atoms with Gasteiger partial charge in [-0.15, -0.1) is 0 Å². The van der Waals surface area contributed by atoms with Crippen LogP contribution in [0.2, 0.25) is 0 Å². The molecule has 2 aliphatic rings. The molecule has 0 aromatic heterocycles. The van der Waals surface area contributed by atoms with E-state index in [-0.39, 0.29) is 0 Å². The summed E-state index contributed by atoms with van der Waals surface area (Å²) in [6.07, 6.45) is 4.19. The van der Waals surface area contributed by atoms with Crippen molar-refractivity contribution in [2.45, 2.75) is 31.1 Å². The smallest absolute Gasteiger partial charge is 0.190 e. The minimum atomic E-state index is -0.439. The van der Waals surface area contributed by atoms with E-state index in [0.717, 1.165) is 19.8 Å². The van der Waals surface area contributed by atoms with Crippen LogP contribution in [0.3, 0.4) is 0 Å². The zero-order valence-corrected chi connectivity index (χ0v) is 8.74. The maximum Gasteiger partial charge on any atom is 0.190 e. The second-order valence-corrected chi connectivity index (χ2v) is 5.13. The van der Waals surface area contributed by atoms with Crippen molar-refractivity contribution in [3.8, 4) is 0 Å². The molecule has 2 heterocycles. The summed E-state index contributed by atoms with van der Waals surface area (Å²) in [6.45, 7) is 2.66. The number of epoxide rings is 1. The summed E-state index contributed by atoms with van der Waals surface area (Å²) >= 11 is 0. The van der Waals surface area contributed by atoms with Crippen LogP contribution in [0.4, 0.5) is 0 Å². The highest BCUT2D eigenvalue weighted by molar-refractivity contribution is 6.29. The van der Waals surface area contributed by atoms with Crippen molar-refractivity contribution in [2.75, 3.05) is 19.8 Å². The van der Waals surface area contributed by atoms with E-state index in [1.165, 1.54) is 19.3 Å². The summed E-state index contributed by atoms with van der Waals surface area (Å²) in [6, 6.07) is 0. The Morgan fingerprint density at radius 2 is 2.25 bits per heavy atom. The van der Waals surface area contributed by atoms with Gasteiger partial charge >= 0.3 is 0 Å². The van der Waals surface area contributed by atoms with E-state index in [1.54, 1.807) is 0 Å². The number of rotatable bonds is 4. The van der Waals surface area contributed by atoms with Crippen LogP contribution in [0, 0.1) is 0 Å². The molecule has 2 rings (SSSR count). The molecule has 0 bridgehead atoms. The Bertz CT molecular complexity index is 132. The van der Waals surface area contributed by atoms with Gasteiger partial charge in [-0.2, -0.15) is 0 Å². The van der Waals surface area contributed by atoms with Crippen LogP contribution in [-0.2, 0) is 13.9 Å². The highest BCUT2D eigenvalue weighted by Gasteiger charge is 2.23. The van der Waals surface area contributed by atoms with Gasteiger partial charge in [0, 0.05) is 6.61 Å². The lowest BCUT2D eigenvalue weighted by Gasteiger charge is -2.21. The van der Waals surface area contributed by atoms with E-state index >= 15 is 0 Å². The molecule has 0 spiro atoms. The van der Waals surface area contributed by atoms with Gasteiger partial charge in [0.05, 0.1) is 18.9 Å². The molecular weight excluding hydrogens is 172 g/mol. The van der Waals surface area contributed by atoms with Crippen molar-refractivity contribution in [1.82, 2.24) is 0 Å². The fourth-order valence-electron chi connectivity index (χ4n) is 1.43. The molecule has 4 heteroatoms. The maximum absolute atomic E-state index is 5.59. The minimum absolute atomic E-state index is 0.418. The molecule has 0 radical (unpaired) electrons. The lowest BCUT2D eigenvalue weighted by Crippen LogP contribution is -2.28. The highest BCUT2D eigenvalue weighted by atomic mass is 28.2. The van der Waals surface area contributed by atoms with Crippen molar-refractivity contribution in [3.63, 3.8) is 0 Å². The Kier molecular flexibility index (Phi) is 3.16. The van der Waals surface area contributed by atoms with Gasteiger partial charge in [0.1, 0.15) is 6.10 Å². The predicted molar refractivity (Wildman–Crippen MR) is 47.8 cm³/mol. The Balaban J connectivity index is 1.52. The summed E-state index contributed by atoms with van der Waals surface area (Å²) in [5.41, 5.74) is 0.484. The van der Waals surface area contributed by atoms with Crippen LogP contribution < -0.4 is 0 Å². The van der Waals surface area contributed by atoms with Gasteiger partial charge in [-0.25, -0.2) is 0 Å². The number of ether oxygens (including phenoxy) is 2. The topological polar surface area (TPSA) is 31.0 Å². The minimum Gasteiger partial charge on any atom is -0.419 e. The molecule has 0 aromatic carbocycles. The highest BCUT2D eigenvalue weighted by Crippen LogP contribution is 2.13. The average molecular weight is 188 g/mol. The molecule has 2 atom stereocenters. The molecule has 2 saturated heterocycles. The first-order valence-electron chi connectivity index (χ1n) is 4.76. The zero-order chi connectivity index (χ0) is 8.23. The zero-order valence-electron chi connectivity index (χ0n) is 7.33. The molecule has 0 aromatic rings. The van der Waals surface area contributed by atoms with Crippen molar-refractivity contribution < 1.29 is 13.9 Å². The molecule has 3 nitrogen and oxygen atoms in total. The molecular formula is C8H16O3Si. The first kappa shape index (κ1) is 8.68. The SMILES string of the molecule is C1CCC([SiH2]OCC2CO2)OC1. The van der Waals surface area contributed by atoms with Crippen molar-refractivity contribution in [1.29, 1.82) is 0 Å². The quantitative estimate of drug-likeness (QED) is 0.460. The molecule has 0 aliphatic carbocycles. The van der Waals surface area contributed by atoms with Gasteiger partial charge in [-0.1, -0.05) is 0 Å². The lowest BCUT2D eigenvalue weighted by molar-refractivity contribution is 0.0544. The third-order valence-corrected chi connectivity index (χ3v) is 3.77. The fraction of sp³-hybridized carbons (Fsp3) is 1.00. The number of hydrogen-bond acceptors (Lipinski definition) is 3. The Hall–Kier alpha value is 0.0969. The van der Waals surface area contributed by atoms with Gasteiger partial charge < -0.3 is 13.9 Å². The van der Waals surface area contributed by atoms with E-state index in [2.05, 4.69) is 0 Å². The molecule has 12 heavy (non-hydrogen) atoms. The molecule has 0 saturated carbocycles. The monoisotopic (exact) mass is 188 g/mol. The Labute approximate surface area is 75.3 Å². The van der Waals surface area contributed by atoms with Gasteiger partial charge in [-0.05, 0) is 19.3 Å². The van der Waals surface area contributed by atoms with E-state index in [1.807, 2.05) is 0 Å². The Morgan fingerprint density at radius 3 is 2.92 bits per heavy atom. The van der Waals surface area contributed by atoms with Crippen LogP contribution >= 0.6 is 0 Å². The summed E-state index contributed by atoms with van der Waals surface area (Å²) in [7, 11) is -0.439. The summed E-state index contributed by atoms with van der Waals surface area (Å²) in [4.78, 5) is 0. The van der Waals surface area contributed by atoms with E-state index in [4.69, 9.17) is 13.9 Å². The molecule has 2 fully saturated rings. The maximum atomic E-state index is 5.59. The molecule has 2 unspecified atom stereocenters. The average Bonchev–Trinajstić information content (AvgIpc) is 2.90. The summed E-state index contributed by atoms with van der Waals surface area (Å²) < 4.78 is 16.2. The van der Waals surface area contributed by atoms with E-state index in [0.29, 0.717) is 11.8 Å². The third-order valence-electron chi connectivity index (χ3n) is 2.28. The predicted octanol–water partition coefficient (Wildman–Crippen LogP) is 0.0122. The summed E-state index contributed by atoms with van der Waals surface area (Å²) in [5.74, 6) is 0. The van der Waals surface area contributed by atoms with Crippen molar-refractivity contribution in [3.05, 3.63) is 0 Å². The van der Waals surface area contributed by atoms with Crippen molar-refractivity contribution >= 4 is 9.76 Å². The molecule has 2 aliphatic heterocycles. The van der Waals surface area contributed by atoms with Crippen molar-refractivity contribution in [2.24, 2.45) is 0 Å². The van der Waals surface area contributed by atoms with Gasteiger partial charge in [0.2, 0.25) is 0 Å². The second-order valence-electron chi connectivity index (χ2n) is 3.48. The fourth-order valence-corrected chi connectivity index (χ4v) is 2.81. The van der Waals surface area contributed by atoms with E-state index < -0.39 is 9.76 Å². The Morgan fingerprint density at radius 1 is 1.33 bits per heavy atom. The van der Waals surface area contributed by atoms with E-state index in [9.17, 15) is 0 Å². The largest absolute Gasteiger partial charge is 0.419 e. The third kappa shape index (κ3) is 2.86. The normalized spacial score (nSPS) is 36.0. The molecule has 0 N–H and O–H groups in total. The molecule has 0 amide bonds. The first-order chi connectivity index (χ1) is 5.95. The van der Waals surface area contributed by atoms with Crippen LogP contribution in [0.5, 0.6) is 0 Å². The van der Waals surface area contributed by atoms with Crippen LogP contribution in [0.15, 0.2) is 0 Å². The number of hydrogen-bond donors (Lipinski definition) is 0. The standard InChI is InChI=1S/C8H16O3Si/c1-2-4-9-8(3-1)12-11-6-7-5-10-7/h7-8H,1-6,12H2. The van der Waals surface area contributed by atoms with Gasteiger partial charge in [0.15, 0.2) is 9.76 Å². The molecule has 70 valence electrons.